The molecule has 0 aliphatic heterocycles. The van der Waals surface area contributed by atoms with Crippen molar-refractivity contribution in [2.24, 2.45) is 16.8 Å². The van der Waals surface area contributed by atoms with Gasteiger partial charge in [0.25, 0.3) is 0 Å². The van der Waals surface area contributed by atoms with Crippen molar-refractivity contribution >= 4 is 5.84 Å². The lowest BCUT2D eigenvalue weighted by atomic mass is 9.88. The zero-order chi connectivity index (χ0) is 13.0. The van der Waals surface area contributed by atoms with Crippen LogP contribution in [0.5, 0.6) is 6.01 Å². The lowest BCUT2D eigenvalue weighted by Gasteiger charge is -2.28. The molecule has 2 atom stereocenters. The first-order valence-electron chi connectivity index (χ1n) is 6.18. The second kappa shape index (κ2) is 5.66. The first-order valence-corrected chi connectivity index (χ1v) is 6.18. The van der Waals surface area contributed by atoms with Crippen LogP contribution in [-0.4, -0.2) is 27.1 Å². The minimum atomic E-state index is -0.0426. The van der Waals surface area contributed by atoms with Gasteiger partial charge in [0.2, 0.25) is 0 Å². The molecule has 0 bridgehead atoms. The lowest BCUT2D eigenvalue weighted by Crippen LogP contribution is -2.29. The molecule has 0 amide bonds. The molecule has 1 aliphatic carbocycles. The van der Waals surface area contributed by atoms with Crippen LogP contribution in [0.3, 0.4) is 0 Å². The summed E-state index contributed by atoms with van der Waals surface area (Å²) < 4.78 is 5.79. The zero-order valence-corrected chi connectivity index (χ0v) is 10.4. The van der Waals surface area contributed by atoms with Crippen LogP contribution in [0.1, 0.15) is 38.3 Å². The summed E-state index contributed by atoms with van der Waals surface area (Å²) in [6, 6.07) is 1.87. The Labute approximate surface area is 106 Å². The summed E-state index contributed by atoms with van der Waals surface area (Å²) in [7, 11) is 0. The second-order valence-electron chi connectivity index (χ2n) is 4.63. The first-order chi connectivity index (χ1) is 8.70. The topological polar surface area (TPSA) is 93.6 Å². The van der Waals surface area contributed by atoms with Crippen LogP contribution in [0.25, 0.3) is 0 Å². The van der Waals surface area contributed by atoms with Gasteiger partial charge in [-0.15, -0.1) is 0 Å². The minimum absolute atomic E-state index is 0.0426. The summed E-state index contributed by atoms with van der Waals surface area (Å²) >= 11 is 0. The summed E-state index contributed by atoms with van der Waals surface area (Å²) in [6.07, 6.45) is 6.33. The van der Waals surface area contributed by atoms with Gasteiger partial charge in [-0.2, -0.15) is 4.98 Å². The van der Waals surface area contributed by atoms with Gasteiger partial charge < -0.3 is 15.7 Å². The van der Waals surface area contributed by atoms with Crippen molar-refractivity contribution in [3.8, 4) is 6.01 Å². The van der Waals surface area contributed by atoms with E-state index in [9.17, 15) is 0 Å². The van der Waals surface area contributed by atoms with Gasteiger partial charge in [0, 0.05) is 6.20 Å². The molecule has 6 nitrogen and oxygen atoms in total. The number of rotatable bonds is 3. The molecule has 0 aromatic carbocycles. The van der Waals surface area contributed by atoms with Crippen molar-refractivity contribution in [1.29, 1.82) is 0 Å². The number of nitrogens with zero attached hydrogens (tertiary/aromatic N) is 3. The Morgan fingerprint density at radius 1 is 1.50 bits per heavy atom. The van der Waals surface area contributed by atoms with Crippen molar-refractivity contribution in [3.63, 3.8) is 0 Å². The molecule has 6 heteroatoms. The smallest absolute Gasteiger partial charge is 0.317 e. The quantitative estimate of drug-likeness (QED) is 0.367. The van der Waals surface area contributed by atoms with Gasteiger partial charge in [-0.1, -0.05) is 18.5 Å². The number of amidine groups is 1. The van der Waals surface area contributed by atoms with Gasteiger partial charge in [0.15, 0.2) is 5.84 Å². The van der Waals surface area contributed by atoms with Crippen molar-refractivity contribution in [1.82, 2.24) is 9.97 Å². The first kappa shape index (κ1) is 12.6. The maximum absolute atomic E-state index is 8.60. The molecular formula is C12H18N4O2. The average molecular weight is 250 g/mol. The fourth-order valence-corrected chi connectivity index (χ4v) is 2.18. The predicted molar refractivity (Wildman–Crippen MR) is 66.6 cm³/mol. The van der Waals surface area contributed by atoms with Crippen LogP contribution in [-0.2, 0) is 0 Å². The molecule has 0 spiro atoms. The molecule has 1 fully saturated rings. The number of hydrogen-bond donors (Lipinski definition) is 2. The maximum Gasteiger partial charge on any atom is 0.317 e. The monoisotopic (exact) mass is 250 g/mol. The van der Waals surface area contributed by atoms with Crippen molar-refractivity contribution < 1.29 is 9.94 Å². The van der Waals surface area contributed by atoms with Crippen molar-refractivity contribution in [2.45, 2.75) is 38.7 Å². The molecule has 18 heavy (non-hydrogen) atoms. The molecule has 2 rings (SSSR count). The van der Waals surface area contributed by atoms with E-state index in [-0.39, 0.29) is 18.0 Å². The van der Waals surface area contributed by atoms with E-state index in [1.54, 1.807) is 12.3 Å². The molecule has 1 aromatic rings. The molecule has 3 N–H and O–H groups in total. The summed E-state index contributed by atoms with van der Waals surface area (Å²) in [5, 5.41) is 11.5. The highest BCUT2D eigenvalue weighted by Crippen LogP contribution is 2.26. The van der Waals surface area contributed by atoms with Gasteiger partial charge in [0.1, 0.15) is 11.8 Å². The van der Waals surface area contributed by atoms with Crippen molar-refractivity contribution in [2.75, 3.05) is 0 Å². The molecule has 1 aromatic heterocycles. The standard InChI is InChI=1S/C12H18N4O2/c1-8-4-2-3-5-10(8)18-12-14-7-6-9(15-12)11(13)16-17/h6-8,10,17H,2-5H2,1H3,(H2,13,16). The largest absolute Gasteiger partial charge is 0.460 e. The molecule has 1 heterocycles. The normalized spacial score (nSPS) is 24.8. The van der Waals surface area contributed by atoms with E-state index in [0.29, 0.717) is 11.6 Å². The van der Waals surface area contributed by atoms with Crippen LogP contribution in [0.15, 0.2) is 17.4 Å². The maximum atomic E-state index is 8.60. The Morgan fingerprint density at radius 2 is 2.28 bits per heavy atom. The van der Waals surface area contributed by atoms with Crippen LogP contribution in [0.4, 0.5) is 0 Å². The molecule has 98 valence electrons. The third-order valence-corrected chi connectivity index (χ3v) is 3.29. The van der Waals surface area contributed by atoms with E-state index in [1.165, 1.54) is 19.3 Å². The summed E-state index contributed by atoms with van der Waals surface area (Å²) in [4.78, 5) is 8.18. The predicted octanol–water partition coefficient (Wildman–Crippen LogP) is 1.53. The Kier molecular flexibility index (Phi) is 3.96. The van der Waals surface area contributed by atoms with Crippen LogP contribution < -0.4 is 10.5 Å². The van der Waals surface area contributed by atoms with E-state index in [0.717, 1.165) is 6.42 Å². The van der Waals surface area contributed by atoms with Crippen LogP contribution >= 0.6 is 0 Å². The minimum Gasteiger partial charge on any atom is -0.460 e. The fourth-order valence-electron chi connectivity index (χ4n) is 2.18. The van der Waals surface area contributed by atoms with E-state index < -0.39 is 0 Å². The third kappa shape index (κ3) is 2.88. The fraction of sp³-hybridized carbons (Fsp3) is 0.583. The van der Waals surface area contributed by atoms with E-state index >= 15 is 0 Å². The van der Waals surface area contributed by atoms with Gasteiger partial charge in [-0.25, -0.2) is 4.98 Å². The Morgan fingerprint density at radius 3 is 3.00 bits per heavy atom. The Bertz CT molecular complexity index is 436. The van der Waals surface area contributed by atoms with Crippen LogP contribution in [0, 0.1) is 5.92 Å². The highest BCUT2D eigenvalue weighted by atomic mass is 16.5. The SMILES string of the molecule is CC1CCCCC1Oc1nccc(/C(N)=N/O)n1. The molecular weight excluding hydrogens is 232 g/mol. The highest BCUT2D eigenvalue weighted by molar-refractivity contribution is 5.95. The van der Waals surface area contributed by atoms with Crippen LogP contribution in [0.2, 0.25) is 0 Å². The number of oxime groups is 1. The van der Waals surface area contributed by atoms with Gasteiger partial charge in [-0.3, -0.25) is 0 Å². The number of aromatic nitrogens is 2. The Balaban J connectivity index is 2.09. The summed E-state index contributed by atoms with van der Waals surface area (Å²) in [5.74, 6) is 0.466. The molecule has 0 radical (unpaired) electrons. The van der Waals surface area contributed by atoms with E-state index in [1.807, 2.05) is 0 Å². The highest BCUT2D eigenvalue weighted by Gasteiger charge is 2.23. The third-order valence-electron chi connectivity index (χ3n) is 3.29. The Hall–Kier alpha value is -1.85. The second-order valence-corrected chi connectivity index (χ2v) is 4.63. The van der Waals surface area contributed by atoms with Gasteiger partial charge in [0.05, 0.1) is 0 Å². The number of hydrogen-bond acceptors (Lipinski definition) is 5. The van der Waals surface area contributed by atoms with E-state index in [2.05, 4.69) is 22.0 Å². The summed E-state index contributed by atoms with van der Waals surface area (Å²) in [5.41, 5.74) is 5.84. The van der Waals surface area contributed by atoms with Gasteiger partial charge in [-0.05, 0) is 31.2 Å². The number of ether oxygens (including phenoxy) is 1. The molecule has 2 unspecified atom stereocenters. The molecule has 1 aliphatic rings. The summed E-state index contributed by atoms with van der Waals surface area (Å²) in [6.45, 7) is 2.18. The van der Waals surface area contributed by atoms with Gasteiger partial charge >= 0.3 is 6.01 Å². The van der Waals surface area contributed by atoms with E-state index in [4.69, 9.17) is 15.7 Å². The number of nitrogens with two attached hydrogens (primary N) is 1. The average Bonchev–Trinajstić information content (AvgIpc) is 2.41. The van der Waals surface area contributed by atoms with Crippen molar-refractivity contribution in [3.05, 3.63) is 18.0 Å². The lowest BCUT2D eigenvalue weighted by molar-refractivity contribution is 0.0922. The zero-order valence-electron chi connectivity index (χ0n) is 10.4. The molecule has 0 saturated heterocycles. The molecule has 1 saturated carbocycles.